The summed E-state index contributed by atoms with van der Waals surface area (Å²) in [5.41, 5.74) is 7.14. The average Bonchev–Trinajstić information content (AvgIpc) is 2.79. The van der Waals surface area contributed by atoms with E-state index in [-0.39, 0.29) is 64.4 Å². The fourth-order valence-corrected chi connectivity index (χ4v) is 2.58. The summed E-state index contributed by atoms with van der Waals surface area (Å²) >= 11 is 0. The predicted octanol–water partition coefficient (Wildman–Crippen LogP) is -4.33. The standard InChI is InChI=1S/C17H21.3ClH.Ti/c1-12-10-11-16(14(3)13(12)2)17(4,5)15-8-6-7-9-15;;;;/h6-11H,1-5H3;3*1H;/q-1;;;;+4/p-3. The summed E-state index contributed by atoms with van der Waals surface area (Å²) in [6.45, 7) is 11.2. The number of hydrogen-bond acceptors (Lipinski definition) is 0. The molecule has 114 valence electrons. The molecule has 0 radical (unpaired) electrons. The van der Waals surface area contributed by atoms with Gasteiger partial charge in [0.25, 0.3) is 0 Å². The summed E-state index contributed by atoms with van der Waals surface area (Å²) in [4.78, 5) is 0. The van der Waals surface area contributed by atoms with E-state index in [9.17, 15) is 0 Å². The second-order valence-corrected chi connectivity index (χ2v) is 5.48. The second kappa shape index (κ2) is 10.0. The van der Waals surface area contributed by atoms with Crippen molar-refractivity contribution in [2.24, 2.45) is 0 Å². The Morgan fingerprint density at radius 2 is 1.29 bits per heavy atom. The normalized spacial score (nSPS) is 9.57. The van der Waals surface area contributed by atoms with Crippen molar-refractivity contribution in [2.45, 2.75) is 40.0 Å². The Kier molecular flexibility index (Phi) is 12.5. The van der Waals surface area contributed by atoms with E-state index in [1.54, 1.807) is 0 Å². The minimum Gasteiger partial charge on any atom is -1.00 e. The van der Waals surface area contributed by atoms with E-state index in [4.69, 9.17) is 0 Å². The largest absolute Gasteiger partial charge is 4.00 e. The van der Waals surface area contributed by atoms with Crippen molar-refractivity contribution in [3.63, 3.8) is 0 Å². The van der Waals surface area contributed by atoms with Gasteiger partial charge in [0.05, 0.1) is 0 Å². The van der Waals surface area contributed by atoms with Crippen LogP contribution in [0.3, 0.4) is 0 Å². The Hall–Kier alpha value is 0.154. The molecule has 0 nitrogen and oxygen atoms in total. The third-order valence-electron chi connectivity index (χ3n) is 4.12. The van der Waals surface area contributed by atoms with Crippen LogP contribution in [0.1, 0.15) is 41.7 Å². The van der Waals surface area contributed by atoms with Gasteiger partial charge in [0.15, 0.2) is 0 Å². The monoisotopic (exact) mass is 378 g/mol. The van der Waals surface area contributed by atoms with Gasteiger partial charge in [-0.25, -0.2) is 12.1 Å². The maximum atomic E-state index is 2.30. The number of aryl methyl sites for hydroxylation is 1. The quantitative estimate of drug-likeness (QED) is 0.366. The summed E-state index contributed by atoms with van der Waals surface area (Å²) < 4.78 is 0. The Balaban J connectivity index is -0.000000810. The topological polar surface area (TPSA) is 0 Å². The number of benzene rings is 1. The van der Waals surface area contributed by atoms with Crippen LogP contribution in [0.5, 0.6) is 0 Å². The van der Waals surface area contributed by atoms with Crippen LogP contribution in [0.15, 0.2) is 36.4 Å². The van der Waals surface area contributed by atoms with Gasteiger partial charge < -0.3 is 37.2 Å². The maximum absolute atomic E-state index is 2.30. The molecule has 0 fully saturated rings. The first-order valence-corrected chi connectivity index (χ1v) is 6.24. The molecule has 0 saturated heterocycles. The van der Waals surface area contributed by atoms with Gasteiger partial charge in [0, 0.05) is 0 Å². The molecule has 0 unspecified atom stereocenters. The number of rotatable bonds is 2. The summed E-state index contributed by atoms with van der Waals surface area (Å²) in [6.07, 6.45) is 0. The summed E-state index contributed by atoms with van der Waals surface area (Å²) in [6, 6.07) is 13.2. The fraction of sp³-hybridized carbons (Fsp3) is 0.353. The van der Waals surface area contributed by atoms with Crippen LogP contribution in [0.4, 0.5) is 0 Å². The van der Waals surface area contributed by atoms with E-state index in [1.165, 1.54) is 27.8 Å². The van der Waals surface area contributed by atoms with Gasteiger partial charge in [0.1, 0.15) is 0 Å². The molecule has 0 saturated carbocycles. The van der Waals surface area contributed by atoms with Crippen molar-refractivity contribution in [3.05, 3.63) is 64.2 Å². The molecular formula is C17H21Cl3Ti. The van der Waals surface area contributed by atoms with Crippen LogP contribution in [0.25, 0.3) is 0 Å². The minimum atomic E-state index is 0. The first-order valence-electron chi connectivity index (χ1n) is 6.24. The van der Waals surface area contributed by atoms with Gasteiger partial charge in [-0.3, -0.25) is 0 Å². The number of halogens is 3. The minimum absolute atomic E-state index is 0. The van der Waals surface area contributed by atoms with E-state index in [2.05, 4.69) is 71.0 Å². The summed E-state index contributed by atoms with van der Waals surface area (Å²) in [5.74, 6) is 0. The van der Waals surface area contributed by atoms with E-state index < -0.39 is 0 Å². The zero-order valence-corrected chi connectivity index (χ0v) is 16.9. The second-order valence-electron chi connectivity index (χ2n) is 5.48. The molecule has 0 aliphatic carbocycles. The van der Waals surface area contributed by atoms with E-state index in [0.717, 1.165) is 0 Å². The molecule has 2 aromatic carbocycles. The van der Waals surface area contributed by atoms with Crippen LogP contribution in [0.2, 0.25) is 0 Å². The van der Waals surface area contributed by atoms with Crippen molar-refractivity contribution in [1.82, 2.24) is 0 Å². The molecule has 0 aliphatic heterocycles. The zero-order valence-electron chi connectivity index (χ0n) is 13.1. The van der Waals surface area contributed by atoms with Crippen LogP contribution >= 0.6 is 0 Å². The summed E-state index contributed by atoms with van der Waals surface area (Å²) in [7, 11) is 0. The first-order chi connectivity index (χ1) is 7.94. The molecule has 0 aliphatic rings. The van der Waals surface area contributed by atoms with Crippen LogP contribution in [-0.4, -0.2) is 0 Å². The van der Waals surface area contributed by atoms with Crippen LogP contribution < -0.4 is 37.2 Å². The van der Waals surface area contributed by atoms with Crippen molar-refractivity contribution in [1.29, 1.82) is 0 Å². The molecule has 2 aromatic rings. The van der Waals surface area contributed by atoms with Gasteiger partial charge in [-0.15, -0.1) is 5.56 Å². The summed E-state index contributed by atoms with van der Waals surface area (Å²) in [5, 5.41) is 0. The van der Waals surface area contributed by atoms with Crippen LogP contribution in [-0.2, 0) is 27.1 Å². The van der Waals surface area contributed by atoms with Crippen molar-refractivity contribution in [2.75, 3.05) is 0 Å². The van der Waals surface area contributed by atoms with Crippen LogP contribution in [0, 0.1) is 20.8 Å². The smallest absolute Gasteiger partial charge is 1.00 e. The Morgan fingerprint density at radius 3 is 1.76 bits per heavy atom. The van der Waals surface area contributed by atoms with E-state index in [1.807, 2.05) is 0 Å². The zero-order chi connectivity index (χ0) is 12.6. The molecule has 0 bridgehead atoms. The molecule has 4 heteroatoms. The molecule has 0 N–H and O–H groups in total. The van der Waals surface area contributed by atoms with E-state index in [0.29, 0.717) is 0 Å². The third kappa shape index (κ3) is 5.08. The van der Waals surface area contributed by atoms with Gasteiger partial charge in [-0.1, -0.05) is 26.0 Å². The third-order valence-corrected chi connectivity index (χ3v) is 4.12. The Morgan fingerprint density at radius 1 is 0.810 bits per heavy atom. The molecule has 2 rings (SSSR count). The molecule has 0 heterocycles. The molecule has 0 aromatic heterocycles. The fourth-order valence-electron chi connectivity index (χ4n) is 2.58. The average molecular weight is 380 g/mol. The van der Waals surface area contributed by atoms with E-state index >= 15 is 0 Å². The van der Waals surface area contributed by atoms with Crippen molar-refractivity contribution < 1.29 is 58.9 Å². The predicted molar refractivity (Wildman–Crippen MR) is 74.8 cm³/mol. The van der Waals surface area contributed by atoms with Gasteiger partial charge in [-0.05, 0) is 48.4 Å². The molecule has 0 amide bonds. The molecule has 0 atom stereocenters. The van der Waals surface area contributed by atoms with Crippen molar-refractivity contribution >= 4 is 0 Å². The molecular weight excluding hydrogens is 358 g/mol. The first kappa shape index (κ1) is 26.1. The van der Waals surface area contributed by atoms with Gasteiger partial charge in [-0.2, -0.15) is 12.1 Å². The Labute approximate surface area is 162 Å². The maximum Gasteiger partial charge on any atom is 4.00 e. The van der Waals surface area contributed by atoms with Gasteiger partial charge >= 0.3 is 21.7 Å². The number of hydrogen-bond donors (Lipinski definition) is 0. The molecule has 21 heavy (non-hydrogen) atoms. The van der Waals surface area contributed by atoms with Crippen molar-refractivity contribution in [3.8, 4) is 0 Å². The van der Waals surface area contributed by atoms with Gasteiger partial charge in [0.2, 0.25) is 0 Å². The SMILES string of the molecule is Cc1ccc(C(C)(C)[c-]2cccc2)c(C)c1C.[Cl-].[Cl-].[Cl-].[Ti+4]. The molecule has 0 spiro atoms. The Bertz CT molecular complexity index is 531.